The molecule has 0 aromatic heterocycles. The summed E-state index contributed by atoms with van der Waals surface area (Å²) in [5.41, 5.74) is 3.54. The number of hydrazine groups is 1. The average Bonchev–Trinajstić information content (AvgIpc) is 2.14. The molecule has 0 aromatic rings. The Morgan fingerprint density at radius 3 is 3.00 bits per heavy atom. The quantitative estimate of drug-likeness (QED) is 0.461. The molecule has 1 heterocycles. The van der Waals surface area contributed by atoms with Crippen LogP contribution in [0.15, 0.2) is 5.57 Å². The molecule has 0 amide bonds. The molecule has 1 rings (SSSR count). The summed E-state index contributed by atoms with van der Waals surface area (Å²) in [7, 11) is 1.81. The van der Waals surface area contributed by atoms with Crippen LogP contribution in [-0.2, 0) is 0 Å². The second-order valence-electron chi connectivity index (χ2n) is 1.60. The normalized spacial score (nSPS) is 18.0. The van der Waals surface area contributed by atoms with Gasteiger partial charge >= 0.3 is 0 Å². The van der Waals surface area contributed by atoms with Gasteiger partial charge in [0.2, 0.25) is 0 Å². The zero-order valence-electron chi connectivity index (χ0n) is 4.60. The fourth-order valence-electron chi connectivity index (χ4n) is 0.544. The van der Waals surface area contributed by atoms with Crippen molar-refractivity contribution in [3.63, 3.8) is 0 Å². The molecule has 0 saturated heterocycles. The lowest BCUT2D eigenvalue weighted by Gasteiger charge is -2.03. The van der Waals surface area contributed by atoms with E-state index in [1.165, 1.54) is 0 Å². The maximum absolute atomic E-state index is 8.27. The minimum atomic E-state index is 0.618. The lowest BCUT2D eigenvalue weighted by Crippen LogP contribution is -2.24. The first kappa shape index (κ1) is 5.13. The number of rotatable bonds is 0. The maximum atomic E-state index is 8.27. The molecule has 0 aromatic carbocycles. The predicted octanol–water partition coefficient (Wildman–Crippen LogP) is -0.353. The lowest BCUT2D eigenvalue weighted by atomic mass is 10.3. The van der Waals surface area contributed by atoms with Gasteiger partial charge in [-0.15, -0.1) is 0 Å². The van der Waals surface area contributed by atoms with E-state index in [9.17, 15) is 0 Å². The predicted molar refractivity (Wildman–Crippen MR) is 28.1 cm³/mol. The molecule has 0 atom stereocenters. The van der Waals surface area contributed by atoms with E-state index in [1.54, 1.807) is 5.01 Å². The van der Waals surface area contributed by atoms with E-state index in [0.717, 1.165) is 0 Å². The minimum Gasteiger partial charge on any atom is -0.308 e. The van der Waals surface area contributed by atoms with Crippen LogP contribution in [0.4, 0.5) is 0 Å². The van der Waals surface area contributed by atoms with Crippen LogP contribution < -0.4 is 5.43 Å². The van der Waals surface area contributed by atoms with E-state index in [2.05, 4.69) is 11.6 Å². The molecule has 8 heavy (non-hydrogen) atoms. The Balaban J connectivity index is 2.61. The van der Waals surface area contributed by atoms with Crippen LogP contribution in [0, 0.1) is 17.5 Å². The van der Waals surface area contributed by atoms with Gasteiger partial charge in [0.1, 0.15) is 0 Å². The molecule has 1 N–H and O–H groups in total. The highest BCUT2D eigenvalue weighted by Gasteiger charge is 2.05. The molecule has 3 nitrogen and oxygen atoms in total. The van der Waals surface area contributed by atoms with Crippen molar-refractivity contribution in [3.8, 4) is 6.07 Å². The van der Waals surface area contributed by atoms with Crippen molar-refractivity contribution in [2.75, 3.05) is 13.6 Å². The van der Waals surface area contributed by atoms with Gasteiger partial charge in [-0.2, -0.15) is 5.26 Å². The highest BCUT2D eigenvalue weighted by Crippen LogP contribution is 1.96. The summed E-state index contributed by atoms with van der Waals surface area (Å²) in [5, 5.41) is 9.92. The van der Waals surface area contributed by atoms with Crippen molar-refractivity contribution in [3.05, 3.63) is 11.8 Å². The molecule has 0 fully saturated rings. The van der Waals surface area contributed by atoms with Crippen molar-refractivity contribution in [1.29, 1.82) is 5.26 Å². The molecule has 1 aliphatic rings. The zero-order chi connectivity index (χ0) is 5.98. The van der Waals surface area contributed by atoms with Crippen molar-refractivity contribution in [1.82, 2.24) is 10.4 Å². The van der Waals surface area contributed by atoms with Gasteiger partial charge in [0, 0.05) is 7.05 Å². The molecule has 1 radical (unpaired) electrons. The number of nitriles is 1. The number of hydrogen-bond donors (Lipinski definition) is 1. The van der Waals surface area contributed by atoms with Gasteiger partial charge in [0.05, 0.1) is 24.4 Å². The highest BCUT2D eigenvalue weighted by molar-refractivity contribution is 5.20. The summed E-state index contributed by atoms with van der Waals surface area (Å²) < 4.78 is 0. The maximum Gasteiger partial charge on any atom is 0.0984 e. The van der Waals surface area contributed by atoms with E-state index in [-0.39, 0.29) is 0 Å². The molecule has 41 valence electrons. The summed E-state index contributed by atoms with van der Waals surface area (Å²) in [6.45, 7) is 0.618. The summed E-state index contributed by atoms with van der Waals surface area (Å²) >= 11 is 0. The van der Waals surface area contributed by atoms with Crippen LogP contribution in [0.25, 0.3) is 0 Å². The Labute approximate surface area is 48.2 Å². The van der Waals surface area contributed by atoms with Crippen LogP contribution in [0.2, 0.25) is 0 Å². The van der Waals surface area contributed by atoms with Gasteiger partial charge in [-0.25, -0.2) is 5.43 Å². The summed E-state index contributed by atoms with van der Waals surface area (Å²) in [4.78, 5) is 0. The third kappa shape index (κ3) is 0.796. The molecular weight excluding hydrogens is 102 g/mol. The first-order valence-electron chi connectivity index (χ1n) is 2.33. The van der Waals surface area contributed by atoms with Gasteiger partial charge in [-0.1, -0.05) is 0 Å². The first-order chi connectivity index (χ1) is 3.83. The Hall–Kier alpha value is -1.01. The standard InChI is InChI=1S/C5H6N3/c1-8-4-5(2-6)3-7-8/h7H,3H2,1H3. The zero-order valence-corrected chi connectivity index (χ0v) is 4.60. The van der Waals surface area contributed by atoms with Crippen LogP contribution in [0.5, 0.6) is 0 Å². The van der Waals surface area contributed by atoms with Crippen molar-refractivity contribution < 1.29 is 0 Å². The van der Waals surface area contributed by atoms with Crippen molar-refractivity contribution >= 4 is 0 Å². The number of nitrogens with zero attached hydrogens (tertiary/aromatic N) is 2. The van der Waals surface area contributed by atoms with E-state index in [4.69, 9.17) is 5.26 Å². The van der Waals surface area contributed by atoms with Gasteiger partial charge in [0.25, 0.3) is 0 Å². The Kier molecular flexibility index (Phi) is 1.18. The average molecular weight is 108 g/mol. The number of nitrogens with one attached hydrogen (secondary N) is 1. The summed E-state index contributed by atoms with van der Waals surface area (Å²) in [6.07, 6.45) is 2.78. The monoisotopic (exact) mass is 108 g/mol. The summed E-state index contributed by atoms with van der Waals surface area (Å²) in [6, 6.07) is 2.00. The van der Waals surface area contributed by atoms with E-state index >= 15 is 0 Å². The third-order valence-corrected chi connectivity index (χ3v) is 0.931. The van der Waals surface area contributed by atoms with Crippen molar-refractivity contribution in [2.45, 2.75) is 0 Å². The fraction of sp³-hybridized carbons (Fsp3) is 0.400. The Morgan fingerprint density at radius 2 is 2.75 bits per heavy atom. The molecule has 0 bridgehead atoms. The second kappa shape index (κ2) is 1.85. The summed E-state index contributed by atoms with van der Waals surface area (Å²) in [5.74, 6) is 0. The molecular formula is C5H6N3. The van der Waals surface area contributed by atoms with Gasteiger partial charge in [0.15, 0.2) is 0 Å². The van der Waals surface area contributed by atoms with Gasteiger partial charge in [-0.3, -0.25) is 0 Å². The number of hydrogen-bond acceptors (Lipinski definition) is 3. The Bertz CT molecular complexity index is 154. The highest BCUT2D eigenvalue weighted by atomic mass is 15.5. The van der Waals surface area contributed by atoms with E-state index in [1.807, 2.05) is 13.1 Å². The molecule has 0 aliphatic carbocycles. The van der Waals surface area contributed by atoms with Crippen molar-refractivity contribution in [2.24, 2.45) is 0 Å². The largest absolute Gasteiger partial charge is 0.308 e. The van der Waals surface area contributed by atoms with Crippen LogP contribution in [-0.4, -0.2) is 18.6 Å². The van der Waals surface area contributed by atoms with Crippen LogP contribution in [0.1, 0.15) is 0 Å². The molecule has 0 unspecified atom stereocenters. The molecule has 0 spiro atoms. The fourth-order valence-corrected chi connectivity index (χ4v) is 0.544. The van der Waals surface area contributed by atoms with Crippen LogP contribution in [0.3, 0.4) is 0 Å². The van der Waals surface area contributed by atoms with E-state index < -0.39 is 0 Å². The lowest BCUT2D eigenvalue weighted by molar-refractivity contribution is 0.359. The Morgan fingerprint density at radius 1 is 2.00 bits per heavy atom. The molecule has 3 heteroatoms. The third-order valence-electron chi connectivity index (χ3n) is 0.931. The second-order valence-corrected chi connectivity index (χ2v) is 1.60. The SMILES string of the molecule is CN1[C]=C(C#N)CN1. The molecule has 1 aliphatic heterocycles. The first-order valence-corrected chi connectivity index (χ1v) is 2.33. The minimum absolute atomic E-state index is 0.618. The van der Waals surface area contributed by atoms with Gasteiger partial charge < -0.3 is 5.01 Å². The van der Waals surface area contributed by atoms with Crippen LogP contribution >= 0.6 is 0 Å². The topological polar surface area (TPSA) is 39.1 Å². The van der Waals surface area contributed by atoms with E-state index in [0.29, 0.717) is 12.1 Å². The molecule has 0 saturated carbocycles. The smallest absolute Gasteiger partial charge is 0.0984 e. The van der Waals surface area contributed by atoms with Gasteiger partial charge in [-0.05, 0) is 0 Å².